The van der Waals surface area contributed by atoms with Crippen molar-refractivity contribution in [1.82, 2.24) is 5.06 Å². The summed E-state index contributed by atoms with van der Waals surface area (Å²) in [7, 11) is 2.00. The predicted molar refractivity (Wildman–Crippen MR) is 81.5 cm³/mol. The van der Waals surface area contributed by atoms with E-state index in [1.807, 2.05) is 42.4 Å². The average Bonchev–Trinajstić information content (AvgIpc) is 2.78. The highest BCUT2D eigenvalue weighted by Crippen LogP contribution is 2.45. The second-order valence-electron chi connectivity index (χ2n) is 5.49. The molecule has 0 spiro atoms. The van der Waals surface area contributed by atoms with Crippen molar-refractivity contribution in [3.63, 3.8) is 0 Å². The number of rotatable bonds is 2. The van der Waals surface area contributed by atoms with Crippen LogP contribution in [0.5, 0.6) is 0 Å². The summed E-state index contributed by atoms with van der Waals surface area (Å²) in [5.74, 6) is 0. The molecule has 2 unspecified atom stereocenters. The fourth-order valence-electron chi connectivity index (χ4n) is 2.79. The van der Waals surface area contributed by atoms with Gasteiger partial charge in [0.05, 0.1) is 5.54 Å². The van der Waals surface area contributed by atoms with Crippen molar-refractivity contribution in [2.75, 3.05) is 7.05 Å². The molecule has 1 aliphatic rings. The third-order valence-corrected chi connectivity index (χ3v) is 4.45. The quantitative estimate of drug-likeness (QED) is 0.802. The van der Waals surface area contributed by atoms with E-state index in [0.717, 1.165) is 11.4 Å². The van der Waals surface area contributed by atoms with E-state index in [1.54, 1.807) is 0 Å². The molecule has 0 aliphatic carbocycles. The summed E-state index contributed by atoms with van der Waals surface area (Å²) in [5, 5.41) is 2.73. The first kappa shape index (κ1) is 13.6. The molecule has 0 saturated carbocycles. The number of hydrogen-bond donors (Lipinski definition) is 0. The number of nitrogens with zero attached hydrogens (tertiary/aromatic N) is 1. The van der Waals surface area contributed by atoms with Gasteiger partial charge in [-0.05, 0) is 30.2 Å². The Hall–Kier alpha value is -1.35. The van der Waals surface area contributed by atoms with Gasteiger partial charge in [-0.1, -0.05) is 54.1 Å². The third-order valence-electron chi connectivity index (χ3n) is 4.20. The lowest BCUT2D eigenvalue weighted by Gasteiger charge is -2.30. The molecule has 3 rings (SSSR count). The van der Waals surface area contributed by atoms with Gasteiger partial charge in [-0.25, -0.2) is 0 Å². The number of benzene rings is 2. The molecule has 2 atom stereocenters. The zero-order valence-electron chi connectivity index (χ0n) is 11.7. The summed E-state index contributed by atoms with van der Waals surface area (Å²) >= 11 is 5.95. The second-order valence-corrected chi connectivity index (χ2v) is 5.92. The summed E-state index contributed by atoms with van der Waals surface area (Å²) in [6.07, 6.45) is 0.997. The van der Waals surface area contributed by atoms with Gasteiger partial charge in [0.2, 0.25) is 0 Å². The molecule has 0 radical (unpaired) electrons. The fraction of sp³-hybridized carbons (Fsp3) is 0.294. The summed E-state index contributed by atoms with van der Waals surface area (Å²) in [6.45, 7) is 2.22. The molecule has 1 heterocycles. The fourth-order valence-corrected chi connectivity index (χ4v) is 2.91. The Morgan fingerprint density at radius 1 is 1.10 bits per heavy atom. The second kappa shape index (κ2) is 5.21. The lowest BCUT2D eigenvalue weighted by molar-refractivity contribution is -0.169. The Balaban J connectivity index is 1.88. The molecule has 0 bridgehead atoms. The van der Waals surface area contributed by atoms with Gasteiger partial charge in [0.25, 0.3) is 0 Å². The lowest BCUT2D eigenvalue weighted by atomic mass is 9.86. The van der Waals surface area contributed by atoms with Gasteiger partial charge in [0.1, 0.15) is 6.10 Å². The highest BCUT2D eigenvalue weighted by atomic mass is 35.5. The Kier molecular flexibility index (Phi) is 3.55. The molecule has 1 aliphatic heterocycles. The van der Waals surface area contributed by atoms with Crippen molar-refractivity contribution in [3.8, 4) is 0 Å². The molecule has 104 valence electrons. The largest absolute Gasteiger partial charge is 0.290 e. The van der Waals surface area contributed by atoms with Crippen LogP contribution in [0.2, 0.25) is 5.02 Å². The van der Waals surface area contributed by atoms with Gasteiger partial charge in [-0.15, -0.1) is 0 Å². The van der Waals surface area contributed by atoms with Crippen LogP contribution >= 0.6 is 11.6 Å². The normalized spacial score (nSPS) is 26.9. The summed E-state index contributed by atoms with van der Waals surface area (Å²) in [6, 6.07) is 18.4. The molecule has 0 N–H and O–H groups in total. The molecular weight excluding hydrogens is 270 g/mol. The van der Waals surface area contributed by atoms with Crippen molar-refractivity contribution in [3.05, 3.63) is 70.7 Å². The maximum atomic E-state index is 6.05. The van der Waals surface area contributed by atoms with E-state index in [-0.39, 0.29) is 11.6 Å². The van der Waals surface area contributed by atoms with Crippen LogP contribution in [0.3, 0.4) is 0 Å². The van der Waals surface area contributed by atoms with Gasteiger partial charge < -0.3 is 0 Å². The molecule has 3 heteroatoms. The van der Waals surface area contributed by atoms with Gasteiger partial charge in [0, 0.05) is 18.5 Å². The molecule has 1 fully saturated rings. The van der Waals surface area contributed by atoms with Crippen LogP contribution in [0.15, 0.2) is 54.6 Å². The zero-order valence-corrected chi connectivity index (χ0v) is 12.5. The highest BCUT2D eigenvalue weighted by molar-refractivity contribution is 6.30. The SMILES string of the molecule is CN1OC(c2ccc(Cl)cc2)CC1(C)c1ccccc1. The Labute approximate surface area is 124 Å². The van der Waals surface area contributed by atoms with E-state index < -0.39 is 0 Å². The van der Waals surface area contributed by atoms with Gasteiger partial charge in [0.15, 0.2) is 0 Å². The molecule has 2 aromatic rings. The first-order valence-electron chi connectivity index (χ1n) is 6.81. The Morgan fingerprint density at radius 3 is 2.40 bits per heavy atom. The van der Waals surface area contributed by atoms with Crippen LogP contribution in [-0.4, -0.2) is 12.1 Å². The van der Waals surface area contributed by atoms with Gasteiger partial charge >= 0.3 is 0 Å². The minimum atomic E-state index is -0.106. The van der Waals surface area contributed by atoms with E-state index in [2.05, 4.69) is 31.2 Å². The molecular formula is C17H18ClNO. The topological polar surface area (TPSA) is 12.5 Å². The maximum absolute atomic E-state index is 6.05. The minimum Gasteiger partial charge on any atom is -0.290 e. The minimum absolute atomic E-state index is 0.0717. The van der Waals surface area contributed by atoms with E-state index in [1.165, 1.54) is 11.1 Å². The Bertz CT molecular complexity index is 584. The summed E-state index contributed by atoms with van der Waals surface area (Å²) in [5.41, 5.74) is 2.34. The first-order chi connectivity index (χ1) is 9.59. The third kappa shape index (κ3) is 2.35. The van der Waals surface area contributed by atoms with Crippen LogP contribution in [0.1, 0.15) is 30.6 Å². The molecule has 20 heavy (non-hydrogen) atoms. The van der Waals surface area contributed by atoms with E-state index >= 15 is 0 Å². The molecule has 0 amide bonds. The monoisotopic (exact) mass is 287 g/mol. The number of hydroxylamine groups is 2. The summed E-state index contributed by atoms with van der Waals surface area (Å²) in [4.78, 5) is 6.05. The molecule has 0 aromatic heterocycles. The number of halogens is 1. The molecule has 2 aromatic carbocycles. The van der Waals surface area contributed by atoms with Crippen LogP contribution < -0.4 is 0 Å². The summed E-state index contributed by atoms with van der Waals surface area (Å²) < 4.78 is 0. The van der Waals surface area contributed by atoms with E-state index in [9.17, 15) is 0 Å². The van der Waals surface area contributed by atoms with Crippen LogP contribution in [0.25, 0.3) is 0 Å². The smallest absolute Gasteiger partial charge is 0.106 e. The van der Waals surface area contributed by atoms with Crippen molar-refractivity contribution < 1.29 is 4.84 Å². The van der Waals surface area contributed by atoms with Crippen molar-refractivity contribution in [2.24, 2.45) is 0 Å². The molecule has 1 saturated heterocycles. The maximum Gasteiger partial charge on any atom is 0.106 e. The first-order valence-corrected chi connectivity index (χ1v) is 7.19. The van der Waals surface area contributed by atoms with Crippen LogP contribution in [-0.2, 0) is 10.4 Å². The van der Waals surface area contributed by atoms with Crippen LogP contribution in [0.4, 0.5) is 0 Å². The standard InChI is InChI=1S/C17H18ClNO/c1-17(14-6-4-3-5-7-14)12-16(20-19(17)2)13-8-10-15(18)11-9-13/h3-11,16H,12H2,1-2H3. The van der Waals surface area contributed by atoms with E-state index in [4.69, 9.17) is 16.4 Å². The van der Waals surface area contributed by atoms with Gasteiger partial charge in [-0.3, -0.25) is 4.84 Å². The van der Waals surface area contributed by atoms with Crippen LogP contribution in [0, 0.1) is 0 Å². The van der Waals surface area contributed by atoms with Gasteiger partial charge in [-0.2, -0.15) is 5.06 Å². The zero-order chi connectivity index (χ0) is 14.2. The number of hydrogen-bond acceptors (Lipinski definition) is 2. The predicted octanol–water partition coefficient (Wildman–Crippen LogP) is 4.56. The van der Waals surface area contributed by atoms with E-state index in [0.29, 0.717) is 0 Å². The van der Waals surface area contributed by atoms with Crippen molar-refractivity contribution in [1.29, 1.82) is 0 Å². The van der Waals surface area contributed by atoms with Crippen molar-refractivity contribution in [2.45, 2.75) is 25.0 Å². The highest BCUT2D eigenvalue weighted by Gasteiger charge is 2.43. The molecule has 2 nitrogen and oxygen atoms in total. The van der Waals surface area contributed by atoms with Crippen molar-refractivity contribution >= 4 is 11.6 Å². The Morgan fingerprint density at radius 2 is 1.75 bits per heavy atom. The lowest BCUT2D eigenvalue weighted by Crippen LogP contribution is -2.34. The average molecular weight is 288 g/mol.